The van der Waals surface area contributed by atoms with Gasteiger partial charge in [-0.2, -0.15) is 0 Å². The van der Waals surface area contributed by atoms with Crippen molar-refractivity contribution < 1.29 is 29.4 Å². The van der Waals surface area contributed by atoms with Gasteiger partial charge < -0.3 is 15.3 Å². The number of hydrogen-bond acceptors (Lipinski definition) is 3. The molecule has 0 radical (unpaired) electrons. The molecule has 0 spiro atoms. The van der Waals surface area contributed by atoms with Crippen molar-refractivity contribution in [3.05, 3.63) is 12.7 Å². The van der Waals surface area contributed by atoms with Crippen molar-refractivity contribution in [3.63, 3.8) is 0 Å². The monoisotopic (exact) mass is 330 g/mol. The van der Waals surface area contributed by atoms with Gasteiger partial charge in [0.2, 0.25) is 0 Å². The number of hydrogen-bond donors (Lipinski definition) is 3. The predicted octanol–water partition coefficient (Wildman–Crippen LogP) is 2.62. The number of unbranched alkanes of at least 4 members (excludes halogenated alkanes) is 4. The number of aliphatic carboxylic acids is 2. The minimum absolute atomic E-state index is 0.288. The van der Waals surface area contributed by atoms with Gasteiger partial charge in [0.05, 0.1) is 6.54 Å². The van der Waals surface area contributed by atoms with Gasteiger partial charge in [-0.25, -0.2) is 9.59 Å². The minimum Gasteiger partial charge on any atom is -0.477 e. The van der Waals surface area contributed by atoms with Gasteiger partial charge in [-0.15, -0.1) is 6.58 Å². The summed E-state index contributed by atoms with van der Waals surface area (Å²) in [5, 5.41) is 29.0. The first-order chi connectivity index (χ1) is 10.9. The van der Waals surface area contributed by atoms with Crippen molar-refractivity contribution in [2.24, 2.45) is 0 Å². The average Bonchev–Trinajstić information content (AvgIpc) is 2.50. The van der Waals surface area contributed by atoms with E-state index in [1.165, 1.54) is 0 Å². The van der Waals surface area contributed by atoms with Crippen LogP contribution in [0.1, 0.15) is 58.8 Å². The molecule has 0 saturated carbocycles. The van der Waals surface area contributed by atoms with Crippen LogP contribution in [0.25, 0.3) is 0 Å². The van der Waals surface area contributed by atoms with Gasteiger partial charge in [-0.05, 0) is 25.7 Å². The molecule has 0 rings (SSSR count). The number of aliphatic hydroxyl groups is 1. The summed E-state index contributed by atoms with van der Waals surface area (Å²) in [4.78, 5) is 23.2. The second-order valence-corrected chi connectivity index (χ2v) is 5.98. The summed E-state index contributed by atoms with van der Waals surface area (Å²) in [6.07, 6.45) is 6.99. The van der Waals surface area contributed by atoms with Gasteiger partial charge in [0, 0.05) is 12.8 Å². The van der Waals surface area contributed by atoms with E-state index in [-0.39, 0.29) is 17.3 Å². The van der Waals surface area contributed by atoms with E-state index >= 15 is 0 Å². The molecule has 2 atom stereocenters. The fourth-order valence-corrected chi connectivity index (χ4v) is 3.36. The minimum atomic E-state index is -1.05. The lowest BCUT2D eigenvalue weighted by Gasteiger charge is -2.44. The highest BCUT2D eigenvalue weighted by molar-refractivity contribution is 5.75. The smallest absolute Gasteiger partial charge is 0.362 e. The molecule has 0 aliphatic rings. The zero-order valence-electron chi connectivity index (χ0n) is 14.4. The molecule has 23 heavy (non-hydrogen) atoms. The topological polar surface area (TPSA) is 94.8 Å². The molecule has 0 aromatic heterocycles. The van der Waals surface area contributed by atoms with Crippen LogP contribution < -0.4 is 0 Å². The van der Waals surface area contributed by atoms with Gasteiger partial charge in [0.1, 0.15) is 0 Å². The van der Waals surface area contributed by atoms with Crippen LogP contribution in [0.5, 0.6) is 0 Å². The van der Waals surface area contributed by atoms with Gasteiger partial charge in [0.25, 0.3) is 0 Å². The third-order valence-electron chi connectivity index (χ3n) is 4.58. The van der Waals surface area contributed by atoms with E-state index in [4.69, 9.17) is 0 Å². The molecule has 6 heteroatoms. The molecule has 0 heterocycles. The van der Waals surface area contributed by atoms with Gasteiger partial charge >= 0.3 is 11.9 Å². The standard InChI is InChI=1S/C17H31NO5/c1-4-7-8-9-10-11-12-18(13-19,14(5-2)16(20)21)15(6-3)17(22)23/h4,14-15,19H,1,5-13H2,2-3H3,(H-,20,21,22,23)/p+1. The second kappa shape index (κ2) is 11.2. The summed E-state index contributed by atoms with van der Waals surface area (Å²) in [7, 11) is 0. The number of carbonyl (C=O) groups is 2. The van der Waals surface area contributed by atoms with Crippen molar-refractivity contribution in [3.8, 4) is 0 Å². The highest BCUT2D eigenvalue weighted by atomic mass is 16.4. The van der Waals surface area contributed by atoms with Crippen LogP contribution in [0.15, 0.2) is 12.7 Å². The molecule has 0 bridgehead atoms. The highest BCUT2D eigenvalue weighted by Crippen LogP contribution is 2.26. The SMILES string of the molecule is C=CCCCCCC[N+](CO)(C(CC)C(=O)O)C(CC)C(=O)O. The Hall–Kier alpha value is -1.40. The van der Waals surface area contributed by atoms with E-state index in [1.54, 1.807) is 13.8 Å². The maximum absolute atomic E-state index is 11.6. The van der Waals surface area contributed by atoms with Crippen molar-refractivity contribution >= 4 is 11.9 Å². The highest BCUT2D eigenvalue weighted by Gasteiger charge is 2.48. The number of rotatable bonds is 14. The maximum Gasteiger partial charge on any atom is 0.362 e. The van der Waals surface area contributed by atoms with Crippen LogP contribution in [0.4, 0.5) is 0 Å². The molecule has 0 saturated heterocycles. The summed E-state index contributed by atoms with van der Waals surface area (Å²) < 4.78 is -0.293. The first-order valence-corrected chi connectivity index (χ1v) is 8.45. The molecule has 134 valence electrons. The largest absolute Gasteiger partial charge is 0.477 e. The zero-order valence-corrected chi connectivity index (χ0v) is 14.4. The van der Waals surface area contributed by atoms with E-state index in [0.29, 0.717) is 13.0 Å². The Labute approximate surface area is 139 Å². The van der Waals surface area contributed by atoms with Gasteiger partial charge in [-0.1, -0.05) is 26.3 Å². The summed E-state index contributed by atoms with van der Waals surface area (Å²) in [5.74, 6) is -2.10. The van der Waals surface area contributed by atoms with Crippen LogP contribution in [0.3, 0.4) is 0 Å². The van der Waals surface area contributed by atoms with Gasteiger partial charge in [-0.3, -0.25) is 4.48 Å². The van der Waals surface area contributed by atoms with E-state index in [9.17, 15) is 24.9 Å². The molecule has 0 aromatic rings. The van der Waals surface area contributed by atoms with Crippen molar-refractivity contribution in [2.45, 2.75) is 70.9 Å². The average molecular weight is 330 g/mol. The summed E-state index contributed by atoms with van der Waals surface area (Å²) in [5.41, 5.74) is 0. The Kier molecular flexibility index (Phi) is 10.5. The number of allylic oxidation sites excluding steroid dienone is 1. The molecular formula is C17H32NO5+. The lowest BCUT2D eigenvalue weighted by molar-refractivity contribution is -0.974. The molecule has 6 nitrogen and oxygen atoms in total. The molecule has 0 aromatic carbocycles. The second-order valence-electron chi connectivity index (χ2n) is 5.98. The van der Waals surface area contributed by atoms with E-state index in [2.05, 4.69) is 6.58 Å². The van der Waals surface area contributed by atoms with E-state index in [0.717, 1.165) is 25.7 Å². The van der Waals surface area contributed by atoms with Crippen LogP contribution in [-0.2, 0) is 9.59 Å². The number of carboxylic acids is 2. The molecular weight excluding hydrogens is 298 g/mol. The Morgan fingerprint density at radius 1 is 1.00 bits per heavy atom. The first kappa shape index (κ1) is 21.6. The Balaban J connectivity index is 5.21. The summed E-state index contributed by atoms with van der Waals surface area (Å²) >= 11 is 0. The number of quaternary nitrogens is 1. The number of carboxylic acid groups (broad SMARTS) is 2. The fourth-order valence-electron chi connectivity index (χ4n) is 3.36. The number of aliphatic hydroxyl groups excluding tert-OH is 1. The molecule has 0 amide bonds. The van der Waals surface area contributed by atoms with E-state index < -0.39 is 30.8 Å². The van der Waals surface area contributed by atoms with Gasteiger partial charge in [0.15, 0.2) is 18.8 Å². The number of nitrogens with zero attached hydrogens (tertiary/aromatic N) is 1. The third-order valence-corrected chi connectivity index (χ3v) is 4.58. The van der Waals surface area contributed by atoms with Crippen LogP contribution in [0.2, 0.25) is 0 Å². The summed E-state index contributed by atoms with van der Waals surface area (Å²) in [6, 6.07) is -1.82. The lowest BCUT2D eigenvalue weighted by Crippen LogP contribution is -2.66. The Bertz CT molecular complexity index is 361. The molecule has 3 N–H and O–H groups in total. The molecule has 0 fully saturated rings. The first-order valence-electron chi connectivity index (χ1n) is 8.45. The van der Waals surface area contributed by atoms with Crippen LogP contribution in [0, 0.1) is 0 Å². The van der Waals surface area contributed by atoms with Crippen molar-refractivity contribution in [2.75, 3.05) is 13.3 Å². The fraction of sp³-hybridized carbons (Fsp3) is 0.765. The Morgan fingerprint density at radius 3 is 1.83 bits per heavy atom. The quantitative estimate of drug-likeness (QED) is 0.197. The maximum atomic E-state index is 11.6. The molecule has 0 aliphatic heterocycles. The summed E-state index contributed by atoms with van der Waals surface area (Å²) in [6.45, 7) is 7.01. The van der Waals surface area contributed by atoms with E-state index in [1.807, 2.05) is 6.08 Å². The lowest BCUT2D eigenvalue weighted by atomic mass is 10.0. The Morgan fingerprint density at radius 2 is 1.48 bits per heavy atom. The van der Waals surface area contributed by atoms with Crippen molar-refractivity contribution in [1.82, 2.24) is 0 Å². The normalized spacial score (nSPS) is 16.3. The van der Waals surface area contributed by atoms with Crippen LogP contribution in [-0.4, -0.2) is 57.1 Å². The molecule has 0 aliphatic carbocycles. The van der Waals surface area contributed by atoms with Crippen LogP contribution >= 0.6 is 0 Å². The predicted molar refractivity (Wildman–Crippen MR) is 88.9 cm³/mol. The zero-order chi connectivity index (χ0) is 17.9. The third kappa shape index (κ3) is 5.95. The van der Waals surface area contributed by atoms with Crippen molar-refractivity contribution in [1.29, 1.82) is 0 Å². The molecule has 2 unspecified atom stereocenters.